The van der Waals surface area contributed by atoms with Crippen LogP contribution < -0.4 is 5.73 Å². The lowest BCUT2D eigenvalue weighted by molar-refractivity contribution is 0.194. The van der Waals surface area contributed by atoms with Gasteiger partial charge in [-0.15, -0.1) is 11.3 Å². The van der Waals surface area contributed by atoms with Crippen LogP contribution in [-0.2, 0) is 12.8 Å². The highest BCUT2D eigenvalue weighted by Crippen LogP contribution is 2.36. The Balaban J connectivity index is 1.99. The Morgan fingerprint density at radius 1 is 1.24 bits per heavy atom. The van der Waals surface area contributed by atoms with E-state index in [4.69, 9.17) is 5.73 Å². The molecule has 1 fully saturated rings. The summed E-state index contributed by atoms with van der Waals surface area (Å²) in [5.74, 6) is 2.49. The van der Waals surface area contributed by atoms with Crippen molar-refractivity contribution in [2.75, 3.05) is 6.54 Å². The Morgan fingerprint density at radius 2 is 2.00 bits per heavy atom. The zero-order chi connectivity index (χ0) is 12.3. The normalized spacial score (nSPS) is 29.5. The first-order valence-electron chi connectivity index (χ1n) is 7.00. The second kappa shape index (κ2) is 6.01. The second-order valence-corrected chi connectivity index (χ2v) is 6.85. The third-order valence-electron chi connectivity index (χ3n) is 4.23. The average molecular weight is 251 g/mol. The Bertz CT molecular complexity index is 344. The number of thiophene rings is 1. The molecular weight excluding hydrogens is 226 g/mol. The van der Waals surface area contributed by atoms with Gasteiger partial charge >= 0.3 is 0 Å². The van der Waals surface area contributed by atoms with Crippen LogP contribution in [0.25, 0.3) is 0 Å². The van der Waals surface area contributed by atoms with E-state index in [1.807, 2.05) is 11.3 Å². The minimum Gasteiger partial charge on any atom is -0.330 e. The van der Waals surface area contributed by atoms with Gasteiger partial charge in [0.05, 0.1) is 0 Å². The molecule has 0 spiro atoms. The summed E-state index contributed by atoms with van der Waals surface area (Å²) in [7, 11) is 0. The summed E-state index contributed by atoms with van der Waals surface area (Å²) in [5, 5.41) is 0. The highest BCUT2D eigenvalue weighted by atomic mass is 32.1. The highest BCUT2D eigenvalue weighted by Gasteiger charge is 2.27. The van der Waals surface area contributed by atoms with Crippen molar-refractivity contribution >= 4 is 11.3 Å². The maximum absolute atomic E-state index is 5.93. The van der Waals surface area contributed by atoms with Crippen molar-refractivity contribution in [1.29, 1.82) is 0 Å². The van der Waals surface area contributed by atoms with Crippen LogP contribution in [0.2, 0.25) is 0 Å². The summed E-state index contributed by atoms with van der Waals surface area (Å²) in [6.45, 7) is 5.51. The number of hydrogen-bond acceptors (Lipinski definition) is 2. The molecule has 3 atom stereocenters. The van der Waals surface area contributed by atoms with Crippen molar-refractivity contribution < 1.29 is 0 Å². The third kappa shape index (κ3) is 3.32. The SMILES string of the molecule is CCc1ccc(CC2CC(C)CCC2CN)s1. The van der Waals surface area contributed by atoms with E-state index in [1.165, 1.54) is 37.0 Å². The van der Waals surface area contributed by atoms with Gasteiger partial charge in [0.2, 0.25) is 0 Å². The van der Waals surface area contributed by atoms with E-state index in [-0.39, 0.29) is 0 Å². The highest BCUT2D eigenvalue weighted by molar-refractivity contribution is 7.11. The molecule has 96 valence electrons. The first-order chi connectivity index (χ1) is 8.22. The molecule has 0 amide bonds. The number of aryl methyl sites for hydroxylation is 1. The standard InChI is InChI=1S/C15H25NS/c1-3-14-6-7-15(17-14)9-13-8-11(2)4-5-12(13)10-16/h6-7,11-13H,3-5,8-10,16H2,1-2H3. The first-order valence-corrected chi connectivity index (χ1v) is 7.82. The monoisotopic (exact) mass is 251 g/mol. The fraction of sp³-hybridized carbons (Fsp3) is 0.733. The van der Waals surface area contributed by atoms with E-state index in [2.05, 4.69) is 26.0 Å². The zero-order valence-corrected chi connectivity index (χ0v) is 11.9. The molecule has 0 bridgehead atoms. The lowest BCUT2D eigenvalue weighted by Gasteiger charge is -2.34. The molecule has 3 unspecified atom stereocenters. The van der Waals surface area contributed by atoms with Gasteiger partial charge < -0.3 is 5.73 Å². The summed E-state index contributed by atoms with van der Waals surface area (Å²) in [6.07, 6.45) is 6.53. The van der Waals surface area contributed by atoms with Crippen LogP contribution in [0.3, 0.4) is 0 Å². The maximum atomic E-state index is 5.93. The Kier molecular flexibility index (Phi) is 4.63. The number of nitrogens with two attached hydrogens (primary N) is 1. The predicted octanol–water partition coefficient (Wildman–Crippen LogP) is 3.86. The van der Waals surface area contributed by atoms with Crippen LogP contribution in [0.4, 0.5) is 0 Å². The van der Waals surface area contributed by atoms with E-state index in [0.717, 1.165) is 24.3 Å². The first kappa shape index (κ1) is 13.1. The quantitative estimate of drug-likeness (QED) is 0.864. The van der Waals surface area contributed by atoms with E-state index >= 15 is 0 Å². The molecule has 1 saturated carbocycles. The van der Waals surface area contributed by atoms with Gasteiger partial charge in [-0.25, -0.2) is 0 Å². The molecule has 17 heavy (non-hydrogen) atoms. The molecular formula is C15H25NS. The fourth-order valence-electron chi connectivity index (χ4n) is 3.10. The average Bonchev–Trinajstić information content (AvgIpc) is 2.77. The van der Waals surface area contributed by atoms with Crippen LogP contribution in [0.15, 0.2) is 12.1 Å². The van der Waals surface area contributed by atoms with Crippen molar-refractivity contribution in [3.05, 3.63) is 21.9 Å². The molecule has 2 heteroatoms. The molecule has 1 aliphatic rings. The summed E-state index contributed by atoms with van der Waals surface area (Å²) in [6, 6.07) is 4.63. The molecule has 1 aromatic rings. The van der Waals surface area contributed by atoms with Crippen LogP contribution in [0, 0.1) is 17.8 Å². The Labute approximate surface area is 109 Å². The van der Waals surface area contributed by atoms with E-state index < -0.39 is 0 Å². The van der Waals surface area contributed by atoms with Gasteiger partial charge in [0.1, 0.15) is 0 Å². The second-order valence-electron chi connectivity index (χ2n) is 5.60. The molecule has 0 radical (unpaired) electrons. The van der Waals surface area contributed by atoms with E-state index in [9.17, 15) is 0 Å². The van der Waals surface area contributed by atoms with Crippen molar-refractivity contribution in [1.82, 2.24) is 0 Å². The molecule has 2 rings (SSSR count). The van der Waals surface area contributed by atoms with Gasteiger partial charge in [-0.05, 0) is 62.1 Å². The van der Waals surface area contributed by atoms with Gasteiger partial charge in [-0.3, -0.25) is 0 Å². The van der Waals surface area contributed by atoms with Crippen molar-refractivity contribution in [2.24, 2.45) is 23.5 Å². The van der Waals surface area contributed by atoms with Gasteiger partial charge in [-0.2, -0.15) is 0 Å². The topological polar surface area (TPSA) is 26.0 Å². The predicted molar refractivity (Wildman–Crippen MR) is 76.5 cm³/mol. The lowest BCUT2D eigenvalue weighted by atomic mass is 9.73. The van der Waals surface area contributed by atoms with Crippen LogP contribution in [-0.4, -0.2) is 6.54 Å². The van der Waals surface area contributed by atoms with Crippen molar-refractivity contribution in [3.8, 4) is 0 Å². The molecule has 0 saturated heterocycles. The number of rotatable bonds is 4. The molecule has 1 nitrogen and oxygen atoms in total. The molecule has 0 aromatic carbocycles. The fourth-order valence-corrected chi connectivity index (χ4v) is 4.15. The van der Waals surface area contributed by atoms with Gasteiger partial charge in [-0.1, -0.05) is 20.3 Å². The van der Waals surface area contributed by atoms with Gasteiger partial charge in [0, 0.05) is 9.75 Å². The number of hydrogen-bond donors (Lipinski definition) is 1. The summed E-state index contributed by atoms with van der Waals surface area (Å²) in [4.78, 5) is 3.09. The Hall–Kier alpha value is -0.340. The molecule has 1 aliphatic carbocycles. The van der Waals surface area contributed by atoms with E-state index in [1.54, 1.807) is 4.88 Å². The van der Waals surface area contributed by atoms with Crippen molar-refractivity contribution in [2.45, 2.75) is 46.0 Å². The third-order valence-corrected chi connectivity index (χ3v) is 5.49. The lowest BCUT2D eigenvalue weighted by Crippen LogP contribution is -2.30. The maximum Gasteiger partial charge on any atom is 0.00510 e. The van der Waals surface area contributed by atoms with Crippen LogP contribution in [0.1, 0.15) is 42.9 Å². The summed E-state index contributed by atoms with van der Waals surface area (Å²) < 4.78 is 0. The minimum atomic E-state index is 0.762. The largest absolute Gasteiger partial charge is 0.330 e. The molecule has 1 heterocycles. The van der Waals surface area contributed by atoms with Crippen LogP contribution >= 0.6 is 11.3 Å². The Morgan fingerprint density at radius 3 is 2.65 bits per heavy atom. The van der Waals surface area contributed by atoms with E-state index in [0.29, 0.717) is 0 Å². The molecule has 2 N–H and O–H groups in total. The zero-order valence-electron chi connectivity index (χ0n) is 11.1. The molecule has 0 aliphatic heterocycles. The summed E-state index contributed by atoms with van der Waals surface area (Å²) >= 11 is 2.00. The van der Waals surface area contributed by atoms with Crippen molar-refractivity contribution in [3.63, 3.8) is 0 Å². The minimum absolute atomic E-state index is 0.762. The van der Waals surface area contributed by atoms with Gasteiger partial charge in [0.25, 0.3) is 0 Å². The van der Waals surface area contributed by atoms with Gasteiger partial charge in [0.15, 0.2) is 0 Å². The van der Waals surface area contributed by atoms with Crippen LogP contribution in [0.5, 0.6) is 0 Å². The molecule has 1 aromatic heterocycles. The smallest absolute Gasteiger partial charge is 0.00510 e. The summed E-state index contributed by atoms with van der Waals surface area (Å²) in [5.41, 5.74) is 5.93.